The second-order valence-corrected chi connectivity index (χ2v) is 6.95. The molecule has 1 aliphatic rings. The van der Waals surface area contributed by atoms with Gasteiger partial charge in [0.05, 0.1) is 11.2 Å². The predicted molar refractivity (Wildman–Crippen MR) is 85.1 cm³/mol. The smallest absolute Gasteiger partial charge is 0.399 e. The molecule has 1 N–H and O–H groups in total. The van der Waals surface area contributed by atoms with Crippen LogP contribution < -0.4 is 10.8 Å². The van der Waals surface area contributed by atoms with E-state index in [4.69, 9.17) is 9.31 Å². The highest BCUT2D eigenvalue weighted by Crippen LogP contribution is 2.36. The van der Waals surface area contributed by atoms with Crippen LogP contribution in [0, 0.1) is 0 Å². The Labute approximate surface area is 139 Å². The summed E-state index contributed by atoms with van der Waals surface area (Å²) in [4.78, 5) is 11.9. The fraction of sp³-hybridized carbons (Fsp3) is 0.562. The van der Waals surface area contributed by atoms with Crippen LogP contribution in [0.4, 0.5) is 13.2 Å². The molecule has 2 rings (SSSR count). The molecule has 1 amide bonds. The Balaban J connectivity index is 2.08. The van der Waals surface area contributed by atoms with E-state index in [2.05, 4.69) is 0 Å². The normalized spacial score (nSPS) is 20.8. The Morgan fingerprint density at radius 3 is 1.96 bits per heavy atom. The second kappa shape index (κ2) is 6.08. The molecule has 1 unspecified atom stereocenters. The Hall–Kier alpha value is -1.54. The molecular formula is C16H21BF3NO3. The van der Waals surface area contributed by atoms with Crippen molar-refractivity contribution in [2.24, 2.45) is 0 Å². The van der Waals surface area contributed by atoms with E-state index < -0.39 is 36.4 Å². The number of hydrogen-bond acceptors (Lipinski definition) is 3. The SMILES string of the molecule is CC(NC(=O)c1ccc(B2OC(C)(C)C(C)(C)O2)cc1)C(F)(F)F. The van der Waals surface area contributed by atoms with E-state index in [0.29, 0.717) is 5.46 Å². The quantitative estimate of drug-likeness (QED) is 0.859. The molecule has 0 saturated carbocycles. The summed E-state index contributed by atoms with van der Waals surface area (Å²) >= 11 is 0. The van der Waals surface area contributed by atoms with E-state index in [9.17, 15) is 18.0 Å². The monoisotopic (exact) mass is 343 g/mol. The van der Waals surface area contributed by atoms with Crippen LogP contribution in [0.15, 0.2) is 24.3 Å². The minimum Gasteiger partial charge on any atom is -0.399 e. The fourth-order valence-corrected chi connectivity index (χ4v) is 2.13. The molecule has 8 heteroatoms. The van der Waals surface area contributed by atoms with Gasteiger partial charge < -0.3 is 14.6 Å². The van der Waals surface area contributed by atoms with Gasteiger partial charge in [-0.3, -0.25) is 4.79 Å². The van der Waals surface area contributed by atoms with Crippen molar-refractivity contribution in [1.29, 1.82) is 0 Å². The van der Waals surface area contributed by atoms with Crippen LogP contribution in [0.25, 0.3) is 0 Å². The average Bonchev–Trinajstić information content (AvgIpc) is 2.66. The first-order chi connectivity index (χ1) is 10.8. The minimum absolute atomic E-state index is 0.145. The zero-order valence-corrected chi connectivity index (χ0v) is 14.3. The van der Waals surface area contributed by atoms with Gasteiger partial charge >= 0.3 is 13.3 Å². The summed E-state index contributed by atoms with van der Waals surface area (Å²) in [6.45, 7) is 8.60. The van der Waals surface area contributed by atoms with Crippen LogP contribution in [0.3, 0.4) is 0 Å². The number of amides is 1. The molecule has 1 aliphatic heterocycles. The summed E-state index contributed by atoms with van der Waals surface area (Å²) in [5, 5.41) is 1.92. The van der Waals surface area contributed by atoms with Crippen molar-refractivity contribution < 1.29 is 27.3 Å². The van der Waals surface area contributed by atoms with Crippen molar-refractivity contribution in [2.75, 3.05) is 0 Å². The lowest BCUT2D eigenvalue weighted by Crippen LogP contribution is -2.43. The van der Waals surface area contributed by atoms with Gasteiger partial charge in [-0.15, -0.1) is 0 Å². The lowest BCUT2D eigenvalue weighted by molar-refractivity contribution is -0.149. The Kier molecular flexibility index (Phi) is 4.76. The van der Waals surface area contributed by atoms with Crippen molar-refractivity contribution in [3.8, 4) is 0 Å². The molecule has 0 spiro atoms. The molecule has 1 saturated heterocycles. The van der Waals surface area contributed by atoms with Crippen LogP contribution >= 0.6 is 0 Å². The zero-order chi connectivity index (χ0) is 18.3. The van der Waals surface area contributed by atoms with Crippen LogP contribution in [0.2, 0.25) is 0 Å². The topological polar surface area (TPSA) is 47.6 Å². The summed E-state index contributed by atoms with van der Waals surface area (Å²) < 4.78 is 49.3. The van der Waals surface area contributed by atoms with Gasteiger partial charge in [0.25, 0.3) is 5.91 Å². The van der Waals surface area contributed by atoms with Gasteiger partial charge in [-0.1, -0.05) is 12.1 Å². The standard InChI is InChI=1S/C16H21BF3NO3/c1-10(16(18,19)20)21-13(22)11-6-8-12(9-7-11)17-23-14(2,3)15(4,5)24-17/h6-10H,1-5H3,(H,21,22). The van der Waals surface area contributed by atoms with Crippen molar-refractivity contribution >= 4 is 18.5 Å². The Bertz CT molecular complexity index is 598. The molecule has 1 fully saturated rings. The van der Waals surface area contributed by atoms with E-state index in [1.807, 2.05) is 33.0 Å². The summed E-state index contributed by atoms with van der Waals surface area (Å²) in [6.07, 6.45) is -4.47. The average molecular weight is 343 g/mol. The number of nitrogens with one attached hydrogen (secondary N) is 1. The molecule has 132 valence electrons. The lowest BCUT2D eigenvalue weighted by atomic mass is 9.79. The third-order valence-corrected chi connectivity index (χ3v) is 4.54. The van der Waals surface area contributed by atoms with E-state index in [-0.39, 0.29) is 5.56 Å². The maximum Gasteiger partial charge on any atom is 0.494 e. The van der Waals surface area contributed by atoms with Crippen LogP contribution in [-0.2, 0) is 9.31 Å². The molecule has 0 aliphatic carbocycles. The molecule has 4 nitrogen and oxygen atoms in total. The zero-order valence-electron chi connectivity index (χ0n) is 14.3. The fourth-order valence-electron chi connectivity index (χ4n) is 2.13. The Morgan fingerprint density at radius 1 is 1.08 bits per heavy atom. The number of halogens is 3. The van der Waals surface area contributed by atoms with Crippen molar-refractivity contribution in [2.45, 2.75) is 58.0 Å². The number of carbonyl (C=O) groups is 1. The largest absolute Gasteiger partial charge is 0.494 e. The van der Waals surface area contributed by atoms with Gasteiger partial charge in [-0.05, 0) is 52.2 Å². The summed E-state index contributed by atoms with van der Waals surface area (Å²) in [5.41, 5.74) is -0.133. The number of rotatable bonds is 3. The molecular weight excluding hydrogens is 322 g/mol. The van der Waals surface area contributed by atoms with Gasteiger partial charge in [0, 0.05) is 5.56 Å². The highest BCUT2D eigenvalue weighted by atomic mass is 19.4. The number of hydrogen-bond donors (Lipinski definition) is 1. The number of alkyl halides is 3. The molecule has 0 radical (unpaired) electrons. The van der Waals surface area contributed by atoms with Crippen molar-refractivity contribution in [1.82, 2.24) is 5.32 Å². The number of carbonyl (C=O) groups excluding carboxylic acids is 1. The first-order valence-electron chi connectivity index (χ1n) is 7.67. The maximum atomic E-state index is 12.5. The van der Waals surface area contributed by atoms with Crippen molar-refractivity contribution in [3.63, 3.8) is 0 Å². The van der Waals surface area contributed by atoms with Gasteiger partial charge in [0.1, 0.15) is 6.04 Å². The summed E-state index contributed by atoms with van der Waals surface area (Å²) in [7, 11) is -0.582. The molecule has 1 aromatic rings. The summed E-state index contributed by atoms with van der Waals surface area (Å²) in [6, 6.07) is 4.25. The second-order valence-electron chi connectivity index (χ2n) is 6.95. The minimum atomic E-state index is -4.47. The van der Waals surface area contributed by atoms with E-state index in [1.165, 1.54) is 12.1 Å². The maximum absolute atomic E-state index is 12.5. The third-order valence-electron chi connectivity index (χ3n) is 4.54. The third kappa shape index (κ3) is 3.75. The Morgan fingerprint density at radius 2 is 1.54 bits per heavy atom. The predicted octanol–water partition coefficient (Wildman–Crippen LogP) is 2.67. The molecule has 1 heterocycles. The number of benzene rings is 1. The van der Waals surface area contributed by atoms with Gasteiger partial charge in [0.2, 0.25) is 0 Å². The van der Waals surface area contributed by atoms with Crippen LogP contribution in [0.1, 0.15) is 45.0 Å². The molecule has 1 aromatic carbocycles. The first kappa shape index (κ1) is 18.8. The molecule has 1 atom stereocenters. The lowest BCUT2D eigenvalue weighted by Gasteiger charge is -2.32. The van der Waals surface area contributed by atoms with Gasteiger partial charge in [0.15, 0.2) is 0 Å². The van der Waals surface area contributed by atoms with Gasteiger partial charge in [-0.2, -0.15) is 13.2 Å². The first-order valence-corrected chi connectivity index (χ1v) is 7.67. The van der Waals surface area contributed by atoms with E-state index in [0.717, 1.165) is 6.92 Å². The van der Waals surface area contributed by atoms with Gasteiger partial charge in [-0.25, -0.2) is 0 Å². The van der Waals surface area contributed by atoms with Crippen LogP contribution in [0.5, 0.6) is 0 Å². The molecule has 0 aromatic heterocycles. The highest BCUT2D eigenvalue weighted by molar-refractivity contribution is 6.62. The molecule has 24 heavy (non-hydrogen) atoms. The van der Waals surface area contributed by atoms with E-state index >= 15 is 0 Å². The van der Waals surface area contributed by atoms with Crippen molar-refractivity contribution in [3.05, 3.63) is 29.8 Å². The molecule has 0 bridgehead atoms. The summed E-state index contributed by atoms with van der Waals surface area (Å²) in [5.74, 6) is -0.778. The highest BCUT2D eigenvalue weighted by Gasteiger charge is 2.51. The van der Waals surface area contributed by atoms with E-state index in [1.54, 1.807) is 12.1 Å². The van der Waals surface area contributed by atoms with Crippen LogP contribution in [-0.4, -0.2) is 36.4 Å².